The van der Waals surface area contributed by atoms with Crippen LogP contribution in [0, 0.1) is 6.92 Å². The zero-order chi connectivity index (χ0) is 21.2. The summed E-state index contributed by atoms with van der Waals surface area (Å²) in [7, 11) is 0. The number of anilines is 1. The van der Waals surface area contributed by atoms with E-state index in [1.165, 1.54) is 0 Å². The quantitative estimate of drug-likeness (QED) is 0.644. The van der Waals surface area contributed by atoms with Gasteiger partial charge >= 0.3 is 0 Å². The van der Waals surface area contributed by atoms with Gasteiger partial charge in [0.1, 0.15) is 5.75 Å². The molecular weight excluding hydrogens is 366 g/mol. The molecule has 0 fully saturated rings. The molecule has 2 amide bonds. The lowest BCUT2D eigenvalue weighted by molar-refractivity contribution is -0.122. The minimum absolute atomic E-state index is 0.119. The first kappa shape index (κ1) is 22.4. The number of carbonyl (C=O) groups is 2. The summed E-state index contributed by atoms with van der Waals surface area (Å²) in [4.78, 5) is 26.8. The van der Waals surface area contributed by atoms with Gasteiger partial charge in [-0.3, -0.25) is 9.59 Å². The molecule has 29 heavy (non-hydrogen) atoms. The topological polar surface area (TPSA) is 70.7 Å². The molecule has 0 saturated heterocycles. The van der Waals surface area contributed by atoms with Gasteiger partial charge in [-0.15, -0.1) is 0 Å². The minimum atomic E-state index is -0.638. The number of rotatable bonds is 10. The summed E-state index contributed by atoms with van der Waals surface area (Å²) in [5.74, 6) is 0.281. The van der Waals surface area contributed by atoms with Crippen LogP contribution in [0.25, 0.3) is 0 Å². The van der Waals surface area contributed by atoms with E-state index in [2.05, 4.69) is 29.4 Å². The molecule has 2 N–H and O–H groups in total. The van der Waals surface area contributed by atoms with Gasteiger partial charge in [0.15, 0.2) is 6.10 Å². The van der Waals surface area contributed by atoms with Crippen molar-refractivity contribution in [2.24, 2.45) is 0 Å². The Kier molecular flexibility index (Phi) is 8.68. The van der Waals surface area contributed by atoms with Crippen molar-refractivity contribution in [2.75, 3.05) is 31.5 Å². The number of ether oxygens (including phenoxy) is 1. The van der Waals surface area contributed by atoms with Crippen molar-refractivity contribution in [1.29, 1.82) is 0 Å². The normalized spacial score (nSPS) is 11.8. The molecule has 0 aromatic heterocycles. The van der Waals surface area contributed by atoms with E-state index in [4.69, 9.17) is 4.74 Å². The molecule has 2 aromatic carbocycles. The fourth-order valence-corrected chi connectivity index (χ4v) is 2.79. The first-order valence-electron chi connectivity index (χ1n) is 10.1. The van der Waals surface area contributed by atoms with E-state index in [-0.39, 0.29) is 11.8 Å². The summed E-state index contributed by atoms with van der Waals surface area (Å²) >= 11 is 0. The molecule has 2 aromatic rings. The van der Waals surface area contributed by atoms with Gasteiger partial charge < -0.3 is 20.3 Å². The van der Waals surface area contributed by atoms with E-state index in [0.717, 1.165) is 25.2 Å². The Morgan fingerprint density at radius 2 is 1.62 bits per heavy atom. The van der Waals surface area contributed by atoms with Crippen molar-refractivity contribution in [3.05, 3.63) is 59.7 Å². The predicted octanol–water partition coefficient (Wildman–Crippen LogP) is 3.47. The van der Waals surface area contributed by atoms with Crippen LogP contribution in [-0.4, -0.2) is 49.0 Å². The van der Waals surface area contributed by atoms with Gasteiger partial charge in [-0.2, -0.15) is 0 Å². The molecule has 1 unspecified atom stereocenters. The number of carbonyl (C=O) groups excluding carboxylic acids is 2. The number of benzene rings is 2. The van der Waals surface area contributed by atoms with E-state index in [1.54, 1.807) is 31.2 Å². The lowest BCUT2D eigenvalue weighted by Crippen LogP contribution is -2.34. The molecule has 0 aliphatic carbocycles. The molecular formula is C23H31N3O3. The summed E-state index contributed by atoms with van der Waals surface area (Å²) in [5.41, 5.74) is 2.31. The zero-order valence-electron chi connectivity index (χ0n) is 17.7. The van der Waals surface area contributed by atoms with Crippen LogP contribution < -0.4 is 15.4 Å². The molecule has 0 radical (unpaired) electrons. The molecule has 0 bridgehead atoms. The van der Waals surface area contributed by atoms with Crippen molar-refractivity contribution in [2.45, 2.75) is 33.8 Å². The van der Waals surface area contributed by atoms with Gasteiger partial charge in [-0.05, 0) is 63.3 Å². The second kappa shape index (κ2) is 11.2. The Labute approximate surface area is 173 Å². The number of hydrogen-bond donors (Lipinski definition) is 2. The second-order valence-electron chi connectivity index (χ2n) is 6.92. The summed E-state index contributed by atoms with van der Waals surface area (Å²) < 4.78 is 5.67. The average molecular weight is 398 g/mol. The third kappa shape index (κ3) is 7.23. The number of hydrogen-bond acceptors (Lipinski definition) is 4. The van der Waals surface area contributed by atoms with Crippen molar-refractivity contribution in [3.63, 3.8) is 0 Å². The fourth-order valence-electron chi connectivity index (χ4n) is 2.79. The maximum absolute atomic E-state index is 12.3. The number of likely N-dealkylation sites (N-methyl/N-ethyl adjacent to an activating group) is 1. The molecule has 6 nitrogen and oxygen atoms in total. The van der Waals surface area contributed by atoms with E-state index in [1.807, 2.05) is 31.2 Å². The highest BCUT2D eigenvalue weighted by atomic mass is 16.5. The van der Waals surface area contributed by atoms with Gasteiger partial charge in [-0.25, -0.2) is 0 Å². The van der Waals surface area contributed by atoms with Gasteiger partial charge in [0.05, 0.1) is 0 Å². The Morgan fingerprint density at radius 1 is 1.00 bits per heavy atom. The van der Waals surface area contributed by atoms with E-state index in [9.17, 15) is 9.59 Å². The first-order chi connectivity index (χ1) is 13.9. The standard InChI is InChI=1S/C23H31N3O3/c1-5-26(6-2)16-15-24-23(28)19-9-11-20(12-10-19)25-22(27)18(4)29-21-13-7-17(3)8-14-21/h7-14,18H,5-6,15-16H2,1-4H3,(H,24,28)(H,25,27). The number of amides is 2. The van der Waals surface area contributed by atoms with Crippen LogP contribution >= 0.6 is 0 Å². The lowest BCUT2D eigenvalue weighted by Gasteiger charge is -2.18. The Morgan fingerprint density at radius 3 is 2.21 bits per heavy atom. The number of nitrogens with one attached hydrogen (secondary N) is 2. The molecule has 0 aliphatic heterocycles. The smallest absolute Gasteiger partial charge is 0.265 e. The summed E-state index contributed by atoms with van der Waals surface area (Å²) in [5, 5.41) is 5.73. The van der Waals surface area contributed by atoms with Gasteiger partial charge in [-0.1, -0.05) is 31.5 Å². The largest absolute Gasteiger partial charge is 0.481 e. The molecule has 2 rings (SSSR count). The van der Waals surface area contributed by atoms with Gasteiger partial charge in [0, 0.05) is 24.3 Å². The van der Waals surface area contributed by atoms with Crippen LogP contribution in [0.5, 0.6) is 5.75 Å². The summed E-state index contributed by atoms with van der Waals surface area (Å²) in [6.45, 7) is 11.3. The van der Waals surface area contributed by atoms with Crippen LogP contribution in [0.1, 0.15) is 36.7 Å². The molecule has 0 heterocycles. The first-order valence-corrected chi connectivity index (χ1v) is 10.1. The fraction of sp³-hybridized carbons (Fsp3) is 0.391. The Hall–Kier alpha value is -2.86. The van der Waals surface area contributed by atoms with Gasteiger partial charge in [0.2, 0.25) is 0 Å². The summed E-state index contributed by atoms with van der Waals surface area (Å²) in [6.07, 6.45) is -0.638. The molecule has 156 valence electrons. The Bertz CT molecular complexity index is 784. The maximum atomic E-state index is 12.3. The number of aryl methyl sites for hydroxylation is 1. The third-order valence-electron chi connectivity index (χ3n) is 4.73. The van der Waals surface area contributed by atoms with E-state index < -0.39 is 6.10 Å². The highest BCUT2D eigenvalue weighted by Gasteiger charge is 2.15. The van der Waals surface area contributed by atoms with Crippen LogP contribution in [-0.2, 0) is 4.79 Å². The monoisotopic (exact) mass is 397 g/mol. The van der Waals surface area contributed by atoms with Crippen LogP contribution in [0.2, 0.25) is 0 Å². The molecule has 1 atom stereocenters. The van der Waals surface area contributed by atoms with Gasteiger partial charge in [0.25, 0.3) is 11.8 Å². The molecule has 6 heteroatoms. The third-order valence-corrected chi connectivity index (χ3v) is 4.73. The highest BCUT2D eigenvalue weighted by molar-refractivity contribution is 5.96. The molecule has 0 saturated carbocycles. The molecule has 0 aliphatic rings. The lowest BCUT2D eigenvalue weighted by atomic mass is 10.2. The minimum Gasteiger partial charge on any atom is -0.481 e. The van der Waals surface area contributed by atoms with E-state index in [0.29, 0.717) is 23.5 Å². The summed E-state index contributed by atoms with van der Waals surface area (Å²) in [6, 6.07) is 14.4. The van der Waals surface area contributed by atoms with Crippen LogP contribution in [0.4, 0.5) is 5.69 Å². The van der Waals surface area contributed by atoms with Crippen molar-refractivity contribution < 1.29 is 14.3 Å². The zero-order valence-corrected chi connectivity index (χ0v) is 17.7. The maximum Gasteiger partial charge on any atom is 0.265 e. The SMILES string of the molecule is CCN(CC)CCNC(=O)c1ccc(NC(=O)C(C)Oc2ccc(C)cc2)cc1. The predicted molar refractivity (Wildman–Crippen MR) is 116 cm³/mol. The Balaban J connectivity index is 1.83. The average Bonchev–Trinajstić information content (AvgIpc) is 2.73. The van der Waals surface area contributed by atoms with Crippen molar-refractivity contribution in [3.8, 4) is 5.75 Å². The number of nitrogens with zero attached hydrogens (tertiary/aromatic N) is 1. The van der Waals surface area contributed by atoms with Crippen LogP contribution in [0.15, 0.2) is 48.5 Å². The van der Waals surface area contributed by atoms with Crippen LogP contribution in [0.3, 0.4) is 0 Å². The second-order valence-corrected chi connectivity index (χ2v) is 6.92. The van der Waals surface area contributed by atoms with E-state index >= 15 is 0 Å². The van der Waals surface area contributed by atoms with Crippen molar-refractivity contribution >= 4 is 17.5 Å². The molecule has 0 spiro atoms. The highest BCUT2D eigenvalue weighted by Crippen LogP contribution is 2.15. The van der Waals surface area contributed by atoms with Crippen molar-refractivity contribution in [1.82, 2.24) is 10.2 Å².